The van der Waals surface area contributed by atoms with Gasteiger partial charge in [0, 0.05) is 10.7 Å². The molecule has 0 aliphatic carbocycles. The van der Waals surface area contributed by atoms with Gasteiger partial charge in [-0.1, -0.05) is 29.3 Å². The Morgan fingerprint density at radius 2 is 1.91 bits per heavy atom. The van der Waals surface area contributed by atoms with Gasteiger partial charge >= 0.3 is 5.97 Å². The highest BCUT2D eigenvalue weighted by Gasteiger charge is 2.11. The van der Waals surface area contributed by atoms with Crippen molar-refractivity contribution < 1.29 is 18.7 Å². The van der Waals surface area contributed by atoms with Crippen molar-refractivity contribution in [2.24, 2.45) is 0 Å². The van der Waals surface area contributed by atoms with Gasteiger partial charge in [0.05, 0.1) is 10.6 Å². The quantitative estimate of drug-likeness (QED) is 0.857. The molecule has 0 spiro atoms. The Balaban J connectivity index is 1.90. The van der Waals surface area contributed by atoms with Crippen LogP contribution < -0.4 is 5.32 Å². The van der Waals surface area contributed by atoms with Crippen molar-refractivity contribution in [3.63, 3.8) is 0 Å². The minimum absolute atomic E-state index is 0.117. The Kier molecular flexibility index (Phi) is 5.35. The second kappa shape index (κ2) is 7.24. The predicted molar refractivity (Wildman–Crippen MR) is 81.8 cm³/mol. The van der Waals surface area contributed by atoms with E-state index in [-0.39, 0.29) is 10.6 Å². The zero-order valence-corrected chi connectivity index (χ0v) is 12.6. The number of anilines is 1. The summed E-state index contributed by atoms with van der Waals surface area (Å²) in [7, 11) is 0. The SMILES string of the molecule is O=C(COC(=O)c1cccc(Cl)c1)Nc1ccc(F)c(Cl)c1. The van der Waals surface area contributed by atoms with Crippen LogP contribution in [0.3, 0.4) is 0 Å². The molecule has 114 valence electrons. The number of esters is 1. The number of rotatable bonds is 4. The van der Waals surface area contributed by atoms with Crippen LogP contribution in [0.25, 0.3) is 0 Å². The van der Waals surface area contributed by atoms with Crippen LogP contribution in [0.15, 0.2) is 42.5 Å². The number of benzene rings is 2. The fourth-order valence-corrected chi connectivity index (χ4v) is 1.97. The lowest BCUT2D eigenvalue weighted by Gasteiger charge is -2.07. The fourth-order valence-electron chi connectivity index (χ4n) is 1.60. The van der Waals surface area contributed by atoms with E-state index in [0.717, 1.165) is 6.07 Å². The zero-order chi connectivity index (χ0) is 16.1. The number of hydrogen-bond acceptors (Lipinski definition) is 3. The van der Waals surface area contributed by atoms with Crippen LogP contribution in [0, 0.1) is 5.82 Å². The lowest BCUT2D eigenvalue weighted by atomic mass is 10.2. The number of nitrogens with one attached hydrogen (secondary N) is 1. The van der Waals surface area contributed by atoms with Gasteiger partial charge in [-0.25, -0.2) is 9.18 Å². The summed E-state index contributed by atoms with van der Waals surface area (Å²) in [4.78, 5) is 23.4. The summed E-state index contributed by atoms with van der Waals surface area (Å²) in [5.41, 5.74) is 0.542. The Labute approximate surface area is 135 Å². The number of amides is 1. The highest BCUT2D eigenvalue weighted by Crippen LogP contribution is 2.19. The minimum atomic E-state index is -0.671. The van der Waals surface area contributed by atoms with Crippen molar-refractivity contribution in [1.29, 1.82) is 0 Å². The lowest BCUT2D eigenvalue weighted by Crippen LogP contribution is -2.20. The Hall–Kier alpha value is -2.11. The molecule has 0 bridgehead atoms. The van der Waals surface area contributed by atoms with E-state index in [4.69, 9.17) is 27.9 Å². The highest BCUT2D eigenvalue weighted by atomic mass is 35.5. The van der Waals surface area contributed by atoms with Crippen LogP contribution in [0.5, 0.6) is 0 Å². The van der Waals surface area contributed by atoms with Gasteiger partial charge in [-0.05, 0) is 36.4 Å². The third-order valence-corrected chi connectivity index (χ3v) is 3.12. The Bertz CT molecular complexity index is 722. The first-order valence-corrected chi connectivity index (χ1v) is 6.89. The summed E-state index contributed by atoms with van der Waals surface area (Å²) in [6.45, 7) is -0.486. The van der Waals surface area contributed by atoms with Crippen molar-refractivity contribution in [1.82, 2.24) is 0 Å². The van der Waals surface area contributed by atoms with Gasteiger partial charge < -0.3 is 10.1 Å². The third kappa shape index (κ3) is 4.44. The zero-order valence-electron chi connectivity index (χ0n) is 11.1. The van der Waals surface area contributed by atoms with Gasteiger partial charge in [-0.2, -0.15) is 0 Å². The second-order valence-electron chi connectivity index (χ2n) is 4.26. The molecule has 0 fully saturated rings. The maximum Gasteiger partial charge on any atom is 0.338 e. The average molecular weight is 342 g/mol. The maximum absolute atomic E-state index is 13.0. The van der Waals surface area contributed by atoms with Crippen LogP contribution in [0.1, 0.15) is 10.4 Å². The van der Waals surface area contributed by atoms with Crippen LogP contribution >= 0.6 is 23.2 Å². The molecular weight excluding hydrogens is 332 g/mol. The van der Waals surface area contributed by atoms with Gasteiger partial charge in [-0.3, -0.25) is 4.79 Å². The molecule has 0 heterocycles. The van der Waals surface area contributed by atoms with E-state index in [0.29, 0.717) is 10.7 Å². The van der Waals surface area contributed by atoms with E-state index in [1.807, 2.05) is 0 Å². The van der Waals surface area contributed by atoms with Crippen LogP contribution in [0.4, 0.5) is 10.1 Å². The first kappa shape index (κ1) is 16.3. The summed E-state index contributed by atoms with van der Waals surface area (Å²) in [5.74, 6) is -1.83. The molecule has 0 radical (unpaired) electrons. The monoisotopic (exact) mass is 341 g/mol. The molecule has 7 heteroatoms. The lowest BCUT2D eigenvalue weighted by molar-refractivity contribution is -0.119. The molecular formula is C15H10Cl2FNO3. The molecule has 2 aromatic carbocycles. The predicted octanol–water partition coefficient (Wildman–Crippen LogP) is 3.93. The van der Waals surface area contributed by atoms with Gasteiger partial charge in [0.25, 0.3) is 5.91 Å². The van der Waals surface area contributed by atoms with Gasteiger partial charge in [0.15, 0.2) is 6.61 Å². The van der Waals surface area contributed by atoms with E-state index < -0.39 is 24.3 Å². The van der Waals surface area contributed by atoms with E-state index in [1.165, 1.54) is 24.3 Å². The minimum Gasteiger partial charge on any atom is -0.452 e. The van der Waals surface area contributed by atoms with Crippen LogP contribution in [0.2, 0.25) is 10.0 Å². The summed E-state index contributed by atoms with van der Waals surface area (Å²) >= 11 is 11.4. The Morgan fingerprint density at radius 1 is 1.14 bits per heavy atom. The van der Waals surface area contributed by atoms with Crippen molar-refractivity contribution in [3.8, 4) is 0 Å². The first-order valence-electron chi connectivity index (χ1n) is 6.13. The average Bonchev–Trinajstić information content (AvgIpc) is 2.48. The molecule has 0 unspecified atom stereocenters. The molecule has 1 N–H and O–H groups in total. The number of carbonyl (C=O) groups is 2. The molecule has 0 aliphatic heterocycles. The third-order valence-electron chi connectivity index (χ3n) is 2.60. The number of ether oxygens (including phenoxy) is 1. The second-order valence-corrected chi connectivity index (χ2v) is 5.11. The molecule has 2 rings (SSSR count). The van der Waals surface area contributed by atoms with Crippen LogP contribution in [-0.4, -0.2) is 18.5 Å². The Morgan fingerprint density at radius 3 is 2.59 bits per heavy atom. The molecule has 2 aromatic rings. The number of hydrogen-bond donors (Lipinski definition) is 1. The van der Waals surface area contributed by atoms with Crippen LogP contribution in [-0.2, 0) is 9.53 Å². The largest absolute Gasteiger partial charge is 0.452 e. The van der Waals surface area contributed by atoms with Gasteiger partial charge in [0.2, 0.25) is 0 Å². The molecule has 0 saturated carbocycles. The summed E-state index contributed by atoms with van der Waals surface area (Å²) in [5, 5.41) is 2.71. The molecule has 0 aromatic heterocycles. The van der Waals surface area contributed by atoms with Crippen molar-refractivity contribution in [2.45, 2.75) is 0 Å². The molecule has 0 aliphatic rings. The van der Waals surface area contributed by atoms with Gasteiger partial charge in [-0.15, -0.1) is 0 Å². The van der Waals surface area contributed by atoms with E-state index in [2.05, 4.69) is 5.32 Å². The van der Waals surface area contributed by atoms with Crippen molar-refractivity contribution in [2.75, 3.05) is 11.9 Å². The highest BCUT2D eigenvalue weighted by molar-refractivity contribution is 6.31. The number of carbonyl (C=O) groups excluding carboxylic acids is 2. The van der Waals surface area contributed by atoms with E-state index in [9.17, 15) is 14.0 Å². The molecule has 1 amide bonds. The topological polar surface area (TPSA) is 55.4 Å². The summed E-state index contributed by atoms with van der Waals surface area (Å²) in [6.07, 6.45) is 0. The number of halogens is 3. The maximum atomic E-state index is 13.0. The van der Waals surface area contributed by atoms with Crippen molar-refractivity contribution in [3.05, 3.63) is 63.9 Å². The summed E-state index contributed by atoms with van der Waals surface area (Å²) < 4.78 is 17.8. The molecule has 0 atom stereocenters. The molecule has 22 heavy (non-hydrogen) atoms. The standard InChI is InChI=1S/C15H10Cl2FNO3/c16-10-3-1-2-9(6-10)15(21)22-8-14(20)19-11-4-5-13(18)12(17)7-11/h1-7H,8H2,(H,19,20). The van der Waals surface area contributed by atoms with Crippen molar-refractivity contribution >= 4 is 40.8 Å². The smallest absolute Gasteiger partial charge is 0.338 e. The normalized spacial score (nSPS) is 10.1. The van der Waals surface area contributed by atoms with Gasteiger partial charge in [0.1, 0.15) is 5.82 Å². The fraction of sp³-hybridized carbons (Fsp3) is 0.0667. The molecule has 0 saturated heterocycles. The molecule has 4 nitrogen and oxygen atoms in total. The first-order chi connectivity index (χ1) is 10.5. The van der Waals surface area contributed by atoms with E-state index in [1.54, 1.807) is 12.1 Å². The summed E-state index contributed by atoms with van der Waals surface area (Å²) in [6, 6.07) is 9.89. The van der Waals surface area contributed by atoms with E-state index >= 15 is 0 Å².